The number of benzene rings is 2. The van der Waals surface area contributed by atoms with Crippen LogP contribution in [0, 0.1) is 0 Å². The Morgan fingerprint density at radius 1 is 0.946 bits per heavy atom. The van der Waals surface area contributed by atoms with Gasteiger partial charge in [0, 0.05) is 6.07 Å². The van der Waals surface area contributed by atoms with Crippen molar-refractivity contribution in [2.75, 3.05) is 26.5 Å². The number of halogens is 1. The van der Waals surface area contributed by atoms with Gasteiger partial charge >= 0.3 is 7.60 Å². The van der Waals surface area contributed by atoms with Crippen molar-refractivity contribution in [3.05, 3.63) is 59.4 Å². The zero-order chi connectivity index (χ0) is 25.9. The van der Waals surface area contributed by atoms with Crippen LogP contribution < -0.4 is 33.3 Å². The second kappa shape index (κ2) is 12.5. The molecule has 9 nitrogen and oxygen atoms in total. The summed E-state index contributed by atoms with van der Waals surface area (Å²) in [4.78, 5) is 27.5. The number of hydrogen-bond donors (Lipinski definition) is 0. The highest BCUT2D eigenvalue weighted by Crippen LogP contribution is 2.48. The zero-order valence-corrected chi connectivity index (χ0v) is 24.7. The number of amides is 2. The fourth-order valence-corrected chi connectivity index (χ4v) is 6.43. The Balaban J connectivity index is 0.00000380. The summed E-state index contributed by atoms with van der Waals surface area (Å²) in [5.41, 5.74) is 2.71. The molecule has 1 aliphatic rings. The summed E-state index contributed by atoms with van der Waals surface area (Å²) in [5, 5.41) is 0. The van der Waals surface area contributed by atoms with Crippen molar-refractivity contribution in [2.45, 2.75) is 46.8 Å². The van der Waals surface area contributed by atoms with Gasteiger partial charge in [0.1, 0.15) is 12.3 Å². The molecule has 1 aliphatic heterocycles. The number of carbonyl (C=O) groups excluding carboxylic acids is 2. The van der Waals surface area contributed by atoms with Crippen LogP contribution in [0.25, 0.3) is 11.0 Å². The Morgan fingerprint density at radius 2 is 1.57 bits per heavy atom. The first-order valence-electron chi connectivity index (χ1n) is 12.3. The highest BCUT2D eigenvalue weighted by atomic mass is 127. The minimum absolute atomic E-state index is 0. The molecule has 0 saturated heterocycles. The second-order valence-electron chi connectivity index (χ2n) is 8.43. The van der Waals surface area contributed by atoms with Crippen molar-refractivity contribution < 1.29 is 56.5 Å². The van der Waals surface area contributed by atoms with Gasteiger partial charge in [-0.05, 0) is 51.5 Å². The average molecular weight is 641 g/mol. The molecule has 0 spiro atoms. The lowest BCUT2D eigenvalue weighted by molar-refractivity contribution is -0.680. The van der Waals surface area contributed by atoms with Gasteiger partial charge in [0.15, 0.2) is 11.0 Å². The third-order valence-corrected chi connectivity index (χ3v) is 8.51. The molecule has 1 aromatic heterocycles. The van der Waals surface area contributed by atoms with E-state index in [9.17, 15) is 14.2 Å². The summed E-state index contributed by atoms with van der Waals surface area (Å²) >= 11 is 0. The van der Waals surface area contributed by atoms with Gasteiger partial charge in [-0.3, -0.25) is 19.1 Å². The molecular weight excluding hydrogens is 608 g/mol. The first-order valence-corrected chi connectivity index (χ1v) is 14.0. The lowest BCUT2D eigenvalue weighted by Crippen LogP contribution is -3.00. The van der Waals surface area contributed by atoms with E-state index in [1.807, 2.05) is 25.1 Å². The highest BCUT2D eigenvalue weighted by molar-refractivity contribution is 7.53. The number of aryl methyl sites for hydroxylation is 2. The Labute approximate surface area is 234 Å². The third-order valence-electron chi connectivity index (χ3n) is 6.35. The molecule has 0 bridgehead atoms. The van der Waals surface area contributed by atoms with E-state index in [0.717, 1.165) is 16.9 Å². The molecular formula is C26H33IN3O6P. The molecule has 2 heterocycles. The second-order valence-corrected chi connectivity index (χ2v) is 10.6. The molecule has 0 N–H and O–H groups in total. The van der Waals surface area contributed by atoms with Gasteiger partial charge in [0.05, 0.1) is 50.7 Å². The van der Waals surface area contributed by atoms with E-state index < -0.39 is 7.60 Å². The topological polar surface area (TPSA) is 91.0 Å². The van der Waals surface area contributed by atoms with Crippen molar-refractivity contribution in [3.8, 4) is 5.75 Å². The summed E-state index contributed by atoms with van der Waals surface area (Å²) in [6, 6.07) is 12.7. The Bertz CT molecular complexity index is 1300. The van der Waals surface area contributed by atoms with Gasteiger partial charge in [0.25, 0.3) is 17.6 Å². The maximum absolute atomic E-state index is 13.1. The van der Waals surface area contributed by atoms with Crippen LogP contribution >= 0.6 is 7.60 Å². The molecule has 0 aliphatic carbocycles. The molecule has 0 unspecified atom stereocenters. The predicted octanol–water partition coefficient (Wildman–Crippen LogP) is 1.41. The number of aromatic nitrogens is 2. The predicted molar refractivity (Wildman–Crippen MR) is 135 cm³/mol. The van der Waals surface area contributed by atoms with E-state index in [0.29, 0.717) is 49.6 Å². The molecule has 2 aromatic carbocycles. The van der Waals surface area contributed by atoms with Gasteiger partial charge in [-0.25, -0.2) is 9.13 Å². The van der Waals surface area contributed by atoms with Crippen molar-refractivity contribution >= 4 is 30.4 Å². The number of imidazole rings is 1. The number of imide groups is 1. The minimum Gasteiger partial charge on any atom is -1.00 e. The number of carbonyl (C=O) groups is 2. The molecule has 11 heteroatoms. The molecule has 0 fully saturated rings. The maximum Gasteiger partial charge on any atom is 0.330 e. The smallest absolute Gasteiger partial charge is 0.330 e. The molecule has 200 valence electrons. The lowest BCUT2D eigenvalue weighted by atomic mass is 10.1. The van der Waals surface area contributed by atoms with E-state index in [1.54, 1.807) is 45.2 Å². The standard InChI is InChI=1S/C26H33N3O6P.HI/c1-5-27-23-17-19(33-4)13-14-22(23)28(15-10-16-36(32,34-6-2)35-7-3)24(27)18-29-25(30)20-11-8-9-12-21(20)26(29)31;/h8-9,11-14,17H,5-7,10,15-16,18H2,1-4H3;1H/q+1;/p-1. The van der Waals surface area contributed by atoms with Crippen LogP contribution in [0.15, 0.2) is 42.5 Å². The fraction of sp³-hybridized carbons (Fsp3) is 0.423. The van der Waals surface area contributed by atoms with Gasteiger partial charge < -0.3 is 37.8 Å². The first kappa shape index (κ1) is 29.3. The molecule has 0 radical (unpaired) electrons. The van der Waals surface area contributed by atoms with Crippen molar-refractivity contribution in [3.63, 3.8) is 0 Å². The number of methoxy groups -OCH3 is 1. The van der Waals surface area contributed by atoms with Gasteiger partial charge in [-0.2, -0.15) is 0 Å². The van der Waals surface area contributed by atoms with Crippen LogP contribution in [0.3, 0.4) is 0 Å². The van der Waals surface area contributed by atoms with E-state index in [-0.39, 0.29) is 48.5 Å². The van der Waals surface area contributed by atoms with Crippen LogP contribution in [0.4, 0.5) is 0 Å². The zero-order valence-electron chi connectivity index (χ0n) is 21.6. The highest BCUT2D eigenvalue weighted by Gasteiger charge is 2.38. The summed E-state index contributed by atoms with van der Waals surface area (Å²) in [6.07, 6.45) is 0.801. The Morgan fingerprint density at radius 3 is 2.11 bits per heavy atom. The maximum atomic E-state index is 13.1. The SMILES string of the molecule is CCOP(=O)(CCC[n+]1c(CN2C(=O)c3ccccc3C2=O)n(CC)c2cc(OC)ccc21)OCC.[I-]. The summed E-state index contributed by atoms with van der Waals surface area (Å²) < 4.78 is 33.6. The number of nitrogens with zero attached hydrogens (tertiary/aromatic N) is 3. The number of ether oxygens (including phenoxy) is 1. The molecule has 3 aromatic rings. The monoisotopic (exact) mass is 641 g/mol. The van der Waals surface area contributed by atoms with E-state index in [4.69, 9.17) is 13.8 Å². The Kier molecular flexibility index (Phi) is 9.91. The summed E-state index contributed by atoms with van der Waals surface area (Å²) in [7, 11) is -1.57. The van der Waals surface area contributed by atoms with E-state index in [2.05, 4.69) is 9.13 Å². The molecule has 0 atom stereocenters. The number of fused-ring (bicyclic) bond motifs is 2. The normalized spacial score (nSPS) is 13.2. The van der Waals surface area contributed by atoms with Gasteiger partial charge in [-0.1, -0.05) is 12.1 Å². The van der Waals surface area contributed by atoms with Crippen molar-refractivity contribution in [1.82, 2.24) is 9.47 Å². The van der Waals surface area contributed by atoms with Crippen molar-refractivity contribution in [2.24, 2.45) is 0 Å². The first-order chi connectivity index (χ1) is 17.4. The average Bonchev–Trinajstić information content (AvgIpc) is 3.30. The van der Waals surface area contributed by atoms with Gasteiger partial charge in [-0.15, -0.1) is 0 Å². The minimum atomic E-state index is -3.19. The molecule has 0 saturated carbocycles. The summed E-state index contributed by atoms with van der Waals surface area (Å²) in [6.45, 7) is 7.49. The van der Waals surface area contributed by atoms with Crippen LogP contribution in [0.2, 0.25) is 0 Å². The largest absolute Gasteiger partial charge is 1.00 e. The van der Waals surface area contributed by atoms with Crippen LogP contribution in [0.5, 0.6) is 5.75 Å². The molecule has 2 amide bonds. The van der Waals surface area contributed by atoms with Crippen LogP contribution in [0.1, 0.15) is 53.7 Å². The Hall–Kier alpha value is -2.27. The lowest BCUT2D eigenvalue weighted by Gasteiger charge is -2.17. The van der Waals surface area contributed by atoms with Crippen LogP contribution in [-0.2, 0) is 33.2 Å². The number of rotatable bonds is 12. The fourth-order valence-electron chi connectivity index (χ4n) is 4.78. The van der Waals surface area contributed by atoms with Gasteiger partial charge in [0.2, 0.25) is 0 Å². The van der Waals surface area contributed by atoms with Crippen LogP contribution in [-0.4, -0.2) is 47.8 Å². The molecule has 4 rings (SSSR count). The third kappa shape index (κ3) is 5.77. The van der Waals surface area contributed by atoms with E-state index >= 15 is 0 Å². The number of hydrogen-bond acceptors (Lipinski definition) is 6. The van der Waals surface area contributed by atoms with E-state index in [1.165, 1.54) is 4.90 Å². The quantitative estimate of drug-likeness (QED) is 0.129. The summed E-state index contributed by atoms with van der Waals surface area (Å²) in [5.74, 6) is 0.916. The van der Waals surface area contributed by atoms with Crippen molar-refractivity contribution in [1.29, 1.82) is 0 Å². The molecule has 37 heavy (non-hydrogen) atoms.